The summed E-state index contributed by atoms with van der Waals surface area (Å²) in [4.78, 5) is 4.56. The summed E-state index contributed by atoms with van der Waals surface area (Å²) in [5.41, 5.74) is 0.731. The van der Waals surface area contributed by atoms with Crippen molar-refractivity contribution >= 4 is 11.6 Å². The second kappa shape index (κ2) is 5.13. The molecule has 0 bridgehead atoms. The summed E-state index contributed by atoms with van der Waals surface area (Å²) in [7, 11) is 2.11. The van der Waals surface area contributed by atoms with Gasteiger partial charge in [0, 0.05) is 43.3 Å². The molecule has 0 amide bonds. The molecule has 0 unspecified atom stereocenters. The highest BCUT2D eigenvalue weighted by molar-refractivity contribution is 6.30. The van der Waals surface area contributed by atoms with Crippen LogP contribution in [0.1, 0.15) is 5.56 Å². The number of halogens is 2. The second-order valence-corrected chi connectivity index (χ2v) is 4.75. The van der Waals surface area contributed by atoms with Gasteiger partial charge in [0.05, 0.1) is 0 Å². The number of rotatable bonds is 2. The monoisotopic (exact) mass is 242 g/mol. The van der Waals surface area contributed by atoms with Gasteiger partial charge in [-0.3, -0.25) is 4.90 Å². The van der Waals surface area contributed by atoms with Gasteiger partial charge in [0.25, 0.3) is 0 Å². The fraction of sp³-hybridized carbons (Fsp3) is 0.500. The highest BCUT2D eigenvalue weighted by atomic mass is 35.5. The molecule has 0 aliphatic carbocycles. The molecule has 0 aromatic heterocycles. The van der Waals surface area contributed by atoms with Crippen LogP contribution in [0.25, 0.3) is 0 Å². The van der Waals surface area contributed by atoms with Crippen molar-refractivity contribution in [3.8, 4) is 0 Å². The predicted molar refractivity (Wildman–Crippen MR) is 64.2 cm³/mol. The van der Waals surface area contributed by atoms with E-state index in [1.54, 1.807) is 12.1 Å². The van der Waals surface area contributed by atoms with Crippen molar-refractivity contribution in [2.24, 2.45) is 0 Å². The van der Waals surface area contributed by atoms with Gasteiger partial charge in [-0.2, -0.15) is 0 Å². The minimum Gasteiger partial charge on any atom is -0.304 e. The van der Waals surface area contributed by atoms with Crippen molar-refractivity contribution in [1.82, 2.24) is 9.80 Å². The van der Waals surface area contributed by atoms with E-state index in [0.29, 0.717) is 11.6 Å². The Bertz CT molecular complexity index is 362. The summed E-state index contributed by atoms with van der Waals surface area (Å²) >= 11 is 5.72. The second-order valence-electron chi connectivity index (χ2n) is 4.32. The molecule has 1 heterocycles. The molecule has 1 saturated heterocycles. The molecular formula is C12H16ClFN2. The molecule has 0 N–H and O–H groups in total. The zero-order valence-electron chi connectivity index (χ0n) is 9.42. The lowest BCUT2D eigenvalue weighted by atomic mass is 10.2. The Morgan fingerprint density at radius 1 is 1.25 bits per heavy atom. The van der Waals surface area contributed by atoms with E-state index in [4.69, 9.17) is 11.6 Å². The molecule has 0 radical (unpaired) electrons. The van der Waals surface area contributed by atoms with Crippen molar-refractivity contribution in [3.05, 3.63) is 34.6 Å². The standard InChI is InChI=1S/C12H16ClFN2/c1-15-4-6-16(7-5-15)9-10-2-3-11(13)8-12(10)14/h2-3,8H,4-7,9H2,1H3. The third-order valence-electron chi connectivity index (χ3n) is 3.00. The lowest BCUT2D eigenvalue weighted by molar-refractivity contribution is 0.147. The summed E-state index contributed by atoms with van der Waals surface area (Å²) in [6.45, 7) is 4.78. The molecule has 0 spiro atoms. The SMILES string of the molecule is CN1CCN(Cc2ccc(Cl)cc2F)CC1. The van der Waals surface area contributed by atoms with Crippen molar-refractivity contribution in [2.45, 2.75) is 6.54 Å². The van der Waals surface area contributed by atoms with Gasteiger partial charge in [0.2, 0.25) is 0 Å². The van der Waals surface area contributed by atoms with E-state index in [-0.39, 0.29) is 5.82 Å². The van der Waals surface area contributed by atoms with Gasteiger partial charge >= 0.3 is 0 Å². The molecule has 0 saturated carbocycles. The first-order chi connectivity index (χ1) is 7.65. The van der Waals surface area contributed by atoms with E-state index >= 15 is 0 Å². The smallest absolute Gasteiger partial charge is 0.129 e. The minimum atomic E-state index is -0.202. The molecule has 88 valence electrons. The normalized spacial score (nSPS) is 18.9. The van der Waals surface area contributed by atoms with E-state index in [2.05, 4.69) is 16.8 Å². The average molecular weight is 243 g/mol. The summed E-state index contributed by atoms with van der Waals surface area (Å²) in [5.74, 6) is -0.202. The number of hydrogen-bond donors (Lipinski definition) is 0. The van der Waals surface area contributed by atoms with Crippen LogP contribution in [0.2, 0.25) is 5.02 Å². The van der Waals surface area contributed by atoms with Gasteiger partial charge in [-0.1, -0.05) is 17.7 Å². The highest BCUT2D eigenvalue weighted by Gasteiger charge is 2.15. The van der Waals surface area contributed by atoms with Gasteiger partial charge in [-0.25, -0.2) is 4.39 Å². The quantitative estimate of drug-likeness (QED) is 0.785. The minimum absolute atomic E-state index is 0.202. The summed E-state index contributed by atoms with van der Waals surface area (Å²) in [5, 5.41) is 0.458. The lowest BCUT2D eigenvalue weighted by Gasteiger charge is -2.32. The van der Waals surface area contributed by atoms with Crippen molar-refractivity contribution < 1.29 is 4.39 Å². The summed E-state index contributed by atoms with van der Waals surface area (Å²) in [6.07, 6.45) is 0. The molecule has 0 atom stereocenters. The van der Waals surface area contributed by atoms with E-state index in [1.807, 2.05) is 0 Å². The van der Waals surface area contributed by atoms with Crippen molar-refractivity contribution in [2.75, 3.05) is 33.2 Å². The fourth-order valence-electron chi connectivity index (χ4n) is 1.90. The Balaban J connectivity index is 1.98. The number of benzene rings is 1. The van der Waals surface area contributed by atoms with Crippen LogP contribution in [-0.2, 0) is 6.54 Å². The third-order valence-corrected chi connectivity index (χ3v) is 3.24. The Kier molecular flexibility index (Phi) is 3.79. The zero-order chi connectivity index (χ0) is 11.5. The Morgan fingerprint density at radius 3 is 2.56 bits per heavy atom. The molecule has 1 aliphatic heterocycles. The highest BCUT2D eigenvalue weighted by Crippen LogP contribution is 2.16. The van der Waals surface area contributed by atoms with Crippen LogP contribution < -0.4 is 0 Å². The zero-order valence-corrected chi connectivity index (χ0v) is 10.2. The van der Waals surface area contributed by atoms with Crippen LogP contribution >= 0.6 is 11.6 Å². The van der Waals surface area contributed by atoms with E-state index < -0.39 is 0 Å². The lowest BCUT2D eigenvalue weighted by Crippen LogP contribution is -2.43. The largest absolute Gasteiger partial charge is 0.304 e. The molecule has 1 aromatic carbocycles. The van der Waals surface area contributed by atoms with Crippen LogP contribution in [0, 0.1) is 5.82 Å². The van der Waals surface area contributed by atoms with E-state index in [1.165, 1.54) is 6.07 Å². The Morgan fingerprint density at radius 2 is 1.94 bits per heavy atom. The van der Waals surface area contributed by atoms with Crippen LogP contribution in [0.15, 0.2) is 18.2 Å². The third kappa shape index (κ3) is 2.94. The van der Waals surface area contributed by atoms with Gasteiger partial charge in [0.15, 0.2) is 0 Å². The topological polar surface area (TPSA) is 6.48 Å². The van der Waals surface area contributed by atoms with Crippen LogP contribution in [0.4, 0.5) is 4.39 Å². The van der Waals surface area contributed by atoms with Crippen molar-refractivity contribution in [3.63, 3.8) is 0 Å². The Labute approximate surface area is 101 Å². The molecule has 1 aliphatic rings. The van der Waals surface area contributed by atoms with Crippen LogP contribution in [0.3, 0.4) is 0 Å². The number of nitrogens with zero attached hydrogens (tertiary/aromatic N) is 2. The molecule has 2 nitrogen and oxygen atoms in total. The van der Waals surface area contributed by atoms with Gasteiger partial charge in [-0.05, 0) is 19.2 Å². The maximum absolute atomic E-state index is 13.6. The molecule has 2 rings (SSSR count). The maximum Gasteiger partial charge on any atom is 0.129 e. The summed E-state index contributed by atoms with van der Waals surface area (Å²) in [6, 6.07) is 4.90. The Hall–Kier alpha value is -0.640. The van der Waals surface area contributed by atoms with Gasteiger partial charge in [-0.15, -0.1) is 0 Å². The first-order valence-electron chi connectivity index (χ1n) is 5.50. The first-order valence-corrected chi connectivity index (χ1v) is 5.88. The van der Waals surface area contributed by atoms with Crippen LogP contribution in [-0.4, -0.2) is 43.0 Å². The molecule has 16 heavy (non-hydrogen) atoms. The molecule has 1 fully saturated rings. The predicted octanol–water partition coefficient (Wildman–Crippen LogP) is 2.23. The molecular weight excluding hydrogens is 227 g/mol. The first kappa shape index (κ1) is 11.8. The molecule has 1 aromatic rings. The van der Waals surface area contributed by atoms with E-state index in [0.717, 1.165) is 31.7 Å². The maximum atomic E-state index is 13.6. The number of hydrogen-bond acceptors (Lipinski definition) is 2. The number of piperazine rings is 1. The molecule has 4 heteroatoms. The van der Waals surface area contributed by atoms with E-state index in [9.17, 15) is 4.39 Å². The number of likely N-dealkylation sites (N-methyl/N-ethyl adjacent to an activating group) is 1. The fourth-order valence-corrected chi connectivity index (χ4v) is 2.06. The average Bonchev–Trinajstić information content (AvgIpc) is 2.25. The van der Waals surface area contributed by atoms with Gasteiger partial charge < -0.3 is 4.90 Å². The van der Waals surface area contributed by atoms with Crippen LogP contribution in [0.5, 0.6) is 0 Å². The van der Waals surface area contributed by atoms with Gasteiger partial charge in [0.1, 0.15) is 5.82 Å². The summed E-state index contributed by atoms with van der Waals surface area (Å²) < 4.78 is 13.6. The van der Waals surface area contributed by atoms with Crippen molar-refractivity contribution in [1.29, 1.82) is 0 Å².